The van der Waals surface area contributed by atoms with Crippen LogP contribution in [0.2, 0.25) is 0 Å². The Balaban J connectivity index is 1.75. The molecule has 0 unspecified atom stereocenters. The molecule has 0 saturated carbocycles. The van der Waals surface area contributed by atoms with Crippen molar-refractivity contribution in [2.75, 3.05) is 39.0 Å². The molecule has 0 spiro atoms. The minimum Gasteiger partial charge on any atom is -0.336 e. The average Bonchev–Trinajstić information content (AvgIpc) is 2.97. The molecule has 8 nitrogen and oxygen atoms in total. The molecule has 1 saturated heterocycles. The molecule has 1 aliphatic heterocycles. The van der Waals surface area contributed by atoms with Crippen LogP contribution in [0.25, 0.3) is 0 Å². The zero-order valence-electron chi connectivity index (χ0n) is 10.3. The summed E-state index contributed by atoms with van der Waals surface area (Å²) in [4.78, 5) is 13.1. The van der Waals surface area contributed by atoms with E-state index in [-0.39, 0.29) is 6.03 Å². The van der Waals surface area contributed by atoms with Crippen molar-refractivity contribution in [1.82, 2.24) is 35.7 Å². The van der Waals surface area contributed by atoms with E-state index in [4.69, 9.17) is 0 Å². The molecule has 1 aromatic rings. The van der Waals surface area contributed by atoms with Crippen molar-refractivity contribution in [2.45, 2.75) is 11.7 Å². The summed E-state index contributed by atoms with van der Waals surface area (Å²) in [6.07, 6.45) is 0. The fourth-order valence-corrected chi connectivity index (χ4v) is 2.49. The molecule has 100 valence electrons. The fraction of sp³-hybridized carbons (Fsp3) is 0.778. The molecule has 0 aliphatic carbocycles. The second-order valence-corrected chi connectivity index (χ2v) is 4.92. The van der Waals surface area contributed by atoms with Gasteiger partial charge < -0.3 is 15.5 Å². The minimum absolute atomic E-state index is 0.0189. The summed E-state index contributed by atoms with van der Waals surface area (Å²) < 4.78 is 1.77. The summed E-state index contributed by atoms with van der Waals surface area (Å²) in [6, 6.07) is 0.0189. The number of carbonyl (C=O) groups excluding carboxylic acids is 1. The largest absolute Gasteiger partial charge is 0.336 e. The first-order valence-electron chi connectivity index (χ1n) is 5.87. The van der Waals surface area contributed by atoms with Crippen LogP contribution in [0.5, 0.6) is 0 Å². The summed E-state index contributed by atoms with van der Waals surface area (Å²) in [5, 5.41) is 18.2. The maximum absolute atomic E-state index is 11.3. The summed E-state index contributed by atoms with van der Waals surface area (Å²) >= 11 is 1.57. The lowest BCUT2D eigenvalue weighted by molar-refractivity contribution is 0.220. The van der Waals surface area contributed by atoms with E-state index in [1.54, 1.807) is 21.3 Å². The maximum Gasteiger partial charge on any atom is 0.317 e. The highest BCUT2D eigenvalue weighted by Gasteiger charge is 2.18. The van der Waals surface area contributed by atoms with Crippen LogP contribution in [-0.4, -0.2) is 70.1 Å². The average molecular weight is 271 g/mol. The van der Waals surface area contributed by atoms with Crippen molar-refractivity contribution < 1.29 is 4.79 Å². The normalized spacial score (nSPS) is 15.2. The van der Waals surface area contributed by atoms with Crippen LogP contribution in [0.1, 0.15) is 0 Å². The quantitative estimate of drug-likeness (QED) is 0.619. The van der Waals surface area contributed by atoms with E-state index in [0.717, 1.165) is 43.6 Å². The molecule has 0 bridgehead atoms. The van der Waals surface area contributed by atoms with Gasteiger partial charge in [0.15, 0.2) is 0 Å². The van der Waals surface area contributed by atoms with Crippen LogP contribution in [0.4, 0.5) is 4.79 Å². The number of amides is 2. The molecule has 2 rings (SSSR count). The number of urea groups is 1. The zero-order valence-corrected chi connectivity index (χ0v) is 11.1. The molecular weight excluding hydrogens is 254 g/mol. The van der Waals surface area contributed by atoms with Crippen LogP contribution in [-0.2, 0) is 6.54 Å². The molecule has 2 amide bonds. The molecule has 9 heteroatoms. The summed E-state index contributed by atoms with van der Waals surface area (Å²) in [6.45, 7) is 3.81. The van der Waals surface area contributed by atoms with Gasteiger partial charge in [-0.25, -0.2) is 9.48 Å². The minimum atomic E-state index is 0.0189. The van der Waals surface area contributed by atoms with E-state index in [1.165, 1.54) is 0 Å². The lowest BCUT2D eigenvalue weighted by atomic mass is 10.6. The maximum atomic E-state index is 11.3. The van der Waals surface area contributed by atoms with Crippen LogP contribution in [0.15, 0.2) is 5.16 Å². The highest BCUT2D eigenvalue weighted by atomic mass is 32.2. The van der Waals surface area contributed by atoms with Crippen molar-refractivity contribution >= 4 is 17.8 Å². The van der Waals surface area contributed by atoms with E-state index in [2.05, 4.69) is 26.2 Å². The van der Waals surface area contributed by atoms with Crippen LogP contribution in [0, 0.1) is 0 Å². The SMILES string of the molecule is CNCCn1nnnc1SCCN1CCNC1=O. The number of likely N-dealkylation sites (N-methyl/N-ethyl adjacent to an activating group) is 1. The molecule has 1 aromatic heterocycles. The lowest BCUT2D eigenvalue weighted by Gasteiger charge is -2.12. The highest BCUT2D eigenvalue weighted by molar-refractivity contribution is 7.99. The first-order chi connectivity index (χ1) is 8.81. The Kier molecular flexibility index (Phi) is 4.76. The Bertz CT molecular complexity index is 396. The number of nitrogens with zero attached hydrogens (tertiary/aromatic N) is 5. The molecule has 18 heavy (non-hydrogen) atoms. The first-order valence-corrected chi connectivity index (χ1v) is 6.86. The van der Waals surface area contributed by atoms with E-state index in [0.29, 0.717) is 0 Å². The van der Waals surface area contributed by atoms with Gasteiger partial charge in [-0.2, -0.15) is 0 Å². The second-order valence-electron chi connectivity index (χ2n) is 3.86. The summed E-state index contributed by atoms with van der Waals surface area (Å²) in [5.74, 6) is 0.799. The number of hydrogen-bond acceptors (Lipinski definition) is 6. The molecule has 1 fully saturated rings. The number of nitrogens with one attached hydrogen (secondary N) is 2. The fourth-order valence-electron chi connectivity index (χ4n) is 1.63. The smallest absolute Gasteiger partial charge is 0.317 e. The Morgan fingerprint density at radius 3 is 3.11 bits per heavy atom. The van der Waals surface area contributed by atoms with Gasteiger partial charge in [-0.05, 0) is 17.5 Å². The third kappa shape index (κ3) is 3.33. The van der Waals surface area contributed by atoms with Crippen LogP contribution < -0.4 is 10.6 Å². The van der Waals surface area contributed by atoms with Crippen molar-refractivity contribution in [3.63, 3.8) is 0 Å². The number of thioether (sulfide) groups is 1. The van der Waals surface area contributed by atoms with Crippen molar-refractivity contribution in [1.29, 1.82) is 0 Å². The monoisotopic (exact) mass is 271 g/mol. The van der Waals surface area contributed by atoms with Gasteiger partial charge in [0.1, 0.15) is 0 Å². The Hall–Kier alpha value is -1.35. The standard InChI is InChI=1S/C9H17N7OS/c1-10-2-5-16-9(12-13-14-16)18-7-6-15-4-3-11-8(15)17/h10H,2-7H2,1H3,(H,11,17). The zero-order chi connectivity index (χ0) is 12.8. The van der Waals surface area contributed by atoms with Gasteiger partial charge in [0.05, 0.1) is 6.54 Å². The van der Waals surface area contributed by atoms with Gasteiger partial charge in [0.2, 0.25) is 5.16 Å². The van der Waals surface area contributed by atoms with E-state index in [1.807, 2.05) is 7.05 Å². The summed E-state index contributed by atoms with van der Waals surface area (Å²) in [5.41, 5.74) is 0. The van der Waals surface area contributed by atoms with Gasteiger partial charge in [-0.15, -0.1) is 5.10 Å². The number of carbonyl (C=O) groups is 1. The molecule has 1 aliphatic rings. The van der Waals surface area contributed by atoms with Gasteiger partial charge in [0.25, 0.3) is 0 Å². The Labute approximate surface area is 109 Å². The predicted octanol–water partition coefficient (Wildman–Crippen LogP) is -0.990. The number of aromatic nitrogens is 4. The second kappa shape index (κ2) is 6.55. The molecule has 0 aromatic carbocycles. The Morgan fingerprint density at radius 2 is 2.39 bits per heavy atom. The van der Waals surface area contributed by atoms with Crippen molar-refractivity contribution in [3.05, 3.63) is 0 Å². The lowest BCUT2D eigenvalue weighted by Crippen LogP contribution is -2.30. The van der Waals surface area contributed by atoms with Crippen molar-refractivity contribution in [3.8, 4) is 0 Å². The van der Waals surface area contributed by atoms with Gasteiger partial charge in [-0.1, -0.05) is 11.8 Å². The number of tetrazole rings is 1. The highest BCUT2D eigenvalue weighted by Crippen LogP contribution is 2.13. The van der Waals surface area contributed by atoms with E-state index >= 15 is 0 Å². The molecule has 0 radical (unpaired) electrons. The third-order valence-electron chi connectivity index (χ3n) is 2.61. The topological polar surface area (TPSA) is 88.0 Å². The predicted molar refractivity (Wildman–Crippen MR) is 67.4 cm³/mol. The van der Waals surface area contributed by atoms with Crippen LogP contribution >= 0.6 is 11.8 Å². The Morgan fingerprint density at radius 1 is 1.50 bits per heavy atom. The number of hydrogen-bond donors (Lipinski definition) is 2. The molecule has 2 N–H and O–H groups in total. The van der Waals surface area contributed by atoms with Crippen molar-refractivity contribution in [2.24, 2.45) is 0 Å². The molecular formula is C9H17N7OS. The van der Waals surface area contributed by atoms with E-state index in [9.17, 15) is 4.79 Å². The van der Waals surface area contributed by atoms with Gasteiger partial charge in [-0.3, -0.25) is 0 Å². The number of rotatable bonds is 7. The molecule has 0 atom stereocenters. The summed E-state index contributed by atoms with van der Waals surface area (Å²) in [7, 11) is 1.89. The van der Waals surface area contributed by atoms with Gasteiger partial charge >= 0.3 is 6.03 Å². The van der Waals surface area contributed by atoms with E-state index < -0.39 is 0 Å². The van der Waals surface area contributed by atoms with Gasteiger partial charge in [0, 0.05) is 31.9 Å². The van der Waals surface area contributed by atoms with Crippen LogP contribution in [0.3, 0.4) is 0 Å². The first kappa shape index (κ1) is 13.1. The third-order valence-corrected chi connectivity index (χ3v) is 3.55. The molecule has 2 heterocycles.